The molecular weight excluding hydrogens is 206 g/mol. The molecule has 3 N–H and O–H groups in total. The molecule has 78 valence electrons. The topological polar surface area (TPSA) is 102 Å². The Balaban J connectivity index is 2.25. The number of nitrogens with two attached hydrogens (primary N) is 1. The Morgan fingerprint density at radius 1 is 1.79 bits per heavy atom. The van der Waals surface area contributed by atoms with Crippen molar-refractivity contribution in [1.82, 2.24) is 10.1 Å². The van der Waals surface area contributed by atoms with Gasteiger partial charge in [-0.1, -0.05) is 5.16 Å². The summed E-state index contributed by atoms with van der Waals surface area (Å²) < 4.78 is 4.75. The molecule has 6 nitrogen and oxygen atoms in total. The smallest absolute Gasteiger partial charge is 0.321 e. The van der Waals surface area contributed by atoms with Crippen LogP contribution in [0.15, 0.2) is 4.52 Å². The van der Waals surface area contributed by atoms with E-state index in [4.69, 9.17) is 15.4 Å². The van der Waals surface area contributed by atoms with E-state index >= 15 is 0 Å². The summed E-state index contributed by atoms with van der Waals surface area (Å²) in [4.78, 5) is 14.3. The summed E-state index contributed by atoms with van der Waals surface area (Å²) >= 11 is 1.37. The quantitative estimate of drug-likeness (QED) is 0.716. The Labute approximate surface area is 84.9 Å². The van der Waals surface area contributed by atoms with Gasteiger partial charge in [-0.3, -0.25) is 4.79 Å². The Hall–Kier alpha value is -1.08. The van der Waals surface area contributed by atoms with Crippen molar-refractivity contribution >= 4 is 17.7 Å². The maximum atomic E-state index is 10.4. The maximum absolute atomic E-state index is 10.4. The van der Waals surface area contributed by atoms with Crippen molar-refractivity contribution < 1.29 is 14.4 Å². The van der Waals surface area contributed by atoms with Crippen LogP contribution in [-0.2, 0) is 10.5 Å². The Kier molecular flexibility index (Phi) is 3.90. The van der Waals surface area contributed by atoms with Crippen LogP contribution >= 0.6 is 11.8 Å². The fourth-order valence-electron chi connectivity index (χ4n) is 0.748. The number of rotatable bonds is 5. The van der Waals surface area contributed by atoms with Crippen LogP contribution < -0.4 is 5.73 Å². The van der Waals surface area contributed by atoms with Crippen molar-refractivity contribution in [2.45, 2.75) is 18.7 Å². The number of carbonyl (C=O) groups is 1. The van der Waals surface area contributed by atoms with Gasteiger partial charge in [0, 0.05) is 12.7 Å². The predicted molar refractivity (Wildman–Crippen MR) is 50.8 cm³/mol. The van der Waals surface area contributed by atoms with Crippen LogP contribution in [0, 0.1) is 6.92 Å². The molecule has 0 radical (unpaired) electrons. The highest BCUT2D eigenvalue weighted by Crippen LogP contribution is 2.09. The first-order valence-corrected chi connectivity index (χ1v) is 5.10. The zero-order chi connectivity index (χ0) is 10.6. The van der Waals surface area contributed by atoms with E-state index in [2.05, 4.69) is 10.1 Å². The van der Waals surface area contributed by atoms with Gasteiger partial charge in [0.25, 0.3) is 0 Å². The SMILES string of the molecule is Cc1nc(CSC[C@H](N)C(=O)O)no1. The number of hydrogen-bond donors (Lipinski definition) is 2. The third kappa shape index (κ3) is 3.35. The lowest BCUT2D eigenvalue weighted by molar-refractivity contribution is -0.137. The van der Waals surface area contributed by atoms with Gasteiger partial charge in [0.15, 0.2) is 5.82 Å². The summed E-state index contributed by atoms with van der Waals surface area (Å²) in [6, 6.07) is -0.840. The van der Waals surface area contributed by atoms with E-state index in [0.29, 0.717) is 23.2 Å². The van der Waals surface area contributed by atoms with Gasteiger partial charge in [-0.15, -0.1) is 0 Å². The lowest BCUT2D eigenvalue weighted by Gasteiger charge is -2.03. The normalized spacial score (nSPS) is 12.7. The average Bonchev–Trinajstić information content (AvgIpc) is 2.51. The molecule has 0 aliphatic rings. The van der Waals surface area contributed by atoms with Crippen molar-refractivity contribution in [2.24, 2.45) is 5.73 Å². The van der Waals surface area contributed by atoms with E-state index in [1.165, 1.54) is 11.8 Å². The highest BCUT2D eigenvalue weighted by molar-refractivity contribution is 7.98. The van der Waals surface area contributed by atoms with Gasteiger partial charge in [-0.05, 0) is 0 Å². The van der Waals surface area contributed by atoms with Crippen LogP contribution in [0.25, 0.3) is 0 Å². The van der Waals surface area contributed by atoms with Crippen molar-refractivity contribution in [3.05, 3.63) is 11.7 Å². The summed E-state index contributed by atoms with van der Waals surface area (Å²) in [7, 11) is 0. The summed E-state index contributed by atoms with van der Waals surface area (Å²) in [5.74, 6) is 0.913. The molecule has 0 fully saturated rings. The molecule has 0 amide bonds. The average molecular weight is 217 g/mol. The van der Waals surface area contributed by atoms with E-state index in [1.54, 1.807) is 6.92 Å². The molecule has 1 heterocycles. The molecule has 1 atom stereocenters. The minimum absolute atomic E-state index is 0.336. The van der Waals surface area contributed by atoms with Crippen molar-refractivity contribution in [3.63, 3.8) is 0 Å². The van der Waals surface area contributed by atoms with Crippen molar-refractivity contribution in [1.29, 1.82) is 0 Å². The molecule has 0 saturated heterocycles. The molecule has 7 heteroatoms. The fraction of sp³-hybridized carbons (Fsp3) is 0.571. The zero-order valence-electron chi connectivity index (χ0n) is 7.64. The first-order chi connectivity index (χ1) is 6.59. The van der Waals surface area contributed by atoms with Crippen LogP contribution in [0.2, 0.25) is 0 Å². The van der Waals surface area contributed by atoms with E-state index in [0.717, 1.165) is 0 Å². The highest BCUT2D eigenvalue weighted by atomic mass is 32.2. The lowest BCUT2D eigenvalue weighted by atomic mass is 10.4. The van der Waals surface area contributed by atoms with Crippen LogP contribution in [0.4, 0.5) is 0 Å². The minimum Gasteiger partial charge on any atom is -0.480 e. The molecule has 0 aromatic carbocycles. The van der Waals surface area contributed by atoms with Gasteiger partial charge >= 0.3 is 5.97 Å². The first kappa shape index (κ1) is 11.0. The number of aromatic nitrogens is 2. The Morgan fingerprint density at radius 2 is 2.50 bits per heavy atom. The zero-order valence-corrected chi connectivity index (χ0v) is 8.45. The highest BCUT2D eigenvalue weighted by Gasteiger charge is 2.11. The number of carboxylic acids is 1. The molecule has 0 bridgehead atoms. The number of hydrogen-bond acceptors (Lipinski definition) is 6. The number of thioether (sulfide) groups is 1. The molecule has 0 saturated carbocycles. The molecular formula is C7H11N3O3S. The fourth-order valence-corrected chi connectivity index (χ4v) is 1.56. The lowest BCUT2D eigenvalue weighted by Crippen LogP contribution is -2.32. The second-order valence-electron chi connectivity index (χ2n) is 2.69. The number of aryl methyl sites for hydroxylation is 1. The van der Waals surface area contributed by atoms with Crippen molar-refractivity contribution in [2.75, 3.05) is 5.75 Å². The number of nitrogens with zero attached hydrogens (tertiary/aromatic N) is 2. The summed E-state index contributed by atoms with van der Waals surface area (Å²) in [6.07, 6.45) is 0. The minimum atomic E-state index is -0.998. The molecule has 1 rings (SSSR count). The summed E-state index contributed by atoms with van der Waals surface area (Å²) in [5, 5.41) is 12.2. The van der Waals surface area contributed by atoms with Crippen LogP contribution in [0.1, 0.15) is 11.7 Å². The molecule has 0 unspecified atom stereocenters. The largest absolute Gasteiger partial charge is 0.480 e. The molecule has 1 aromatic heterocycles. The summed E-state index contributed by atoms with van der Waals surface area (Å²) in [6.45, 7) is 1.70. The molecule has 14 heavy (non-hydrogen) atoms. The molecule has 0 spiro atoms. The van der Waals surface area contributed by atoms with Gasteiger partial charge in [0.2, 0.25) is 5.89 Å². The van der Waals surface area contributed by atoms with Gasteiger partial charge in [-0.25, -0.2) is 0 Å². The van der Waals surface area contributed by atoms with E-state index in [9.17, 15) is 4.79 Å². The van der Waals surface area contributed by atoms with Crippen LogP contribution in [-0.4, -0.2) is 33.0 Å². The van der Waals surface area contributed by atoms with Crippen LogP contribution in [0.3, 0.4) is 0 Å². The number of aliphatic carboxylic acids is 1. The van der Waals surface area contributed by atoms with Crippen LogP contribution in [0.5, 0.6) is 0 Å². The van der Waals surface area contributed by atoms with Gasteiger partial charge in [-0.2, -0.15) is 16.7 Å². The third-order valence-electron chi connectivity index (χ3n) is 1.42. The van der Waals surface area contributed by atoms with Gasteiger partial charge < -0.3 is 15.4 Å². The number of carboxylic acid groups (broad SMARTS) is 1. The molecule has 1 aromatic rings. The first-order valence-electron chi connectivity index (χ1n) is 3.95. The van der Waals surface area contributed by atoms with Crippen molar-refractivity contribution in [3.8, 4) is 0 Å². The third-order valence-corrected chi connectivity index (χ3v) is 2.47. The van der Waals surface area contributed by atoms with Gasteiger partial charge in [0.05, 0.1) is 5.75 Å². The molecule has 0 aliphatic heterocycles. The Bertz CT molecular complexity index is 315. The van der Waals surface area contributed by atoms with E-state index in [-0.39, 0.29) is 0 Å². The monoisotopic (exact) mass is 217 g/mol. The second kappa shape index (κ2) is 4.97. The van der Waals surface area contributed by atoms with E-state index < -0.39 is 12.0 Å². The van der Waals surface area contributed by atoms with Gasteiger partial charge in [0.1, 0.15) is 6.04 Å². The second-order valence-corrected chi connectivity index (χ2v) is 3.72. The molecule has 0 aliphatic carbocycles. The Morgan fingerprint density at radius 3 is 3.00 bits per heavy atom. The maximum Gasteiger partial charge on any atom is 0.321 e. The summed E-state index contributed by atoms with van der Waals surface area (Å²) in [5.41, 5.74) is 5.30. The van der Waals surface area contributed by atoms with E-state index in [1.807, 2.05) is 0 Å². The standard InChI is InChI=1S/C7H11N3O3S/c1-4-9-6(10-13-4)3-14-2-5(8)7(11)12/h5H,2-3,8H2,1H3,(H,11,12)/t5-/m0/s1. The predicted octanol–water partition coefficient (Wildman–Crippen LogP) is 0.0231.